The van der Waals surface area contributed by atoms with Crippen LogP contribution in [0.15, 0.2) is 18.2 Å². The third-order valence-corrected chi connectivity index (χ3v) is 2.16. The van der Waals surface area contributed by atoms with Gasteiger partial charge in [0.05, 0.1) is 6.04 Å². The number of carboxylic acid groups (broad SMARTS) is 1. The molecule has 0 radical (unpaired) electrons. The van der Waals surface area contributed by atoms with Crippen LogP contribution in [0.25, 0.3) is 0 Å². The summed E-state index contributed by atoms with van der Waals surface area (Å²) in [5.41, 5.74) is -0.0681. The Hall–Kier alpha value is -1.73. The summed E-state index contributed by atoms with van der Waals surface area (Å²) >= 11 is 0. The van der Waals surface area contributed by atoms with Gasteiger partial charge in [0.25, 0.3) is 0 Å². The molecule has 0 aliphatic rings. The zero-order valence-corrected chi connectivity index (χ0v) is 8.68. The van der Waals surface area contributed by atoms with Crippen LogP contribution in [0.5, 0.6) is 0 Å². The lowest BCUT2D eigenvalue weighted by atomic mass is 10.0. The molecule has 1 amide bonds. The second-order valence-corrected chi connectivity index (χ2v) is 3.36. The number of benzene rings is 1. The topological polar surface area (TPSA) is 81.0 Å². The van der Waals surface area contributed by atoms with Crippen molar-refractivity contribution in [2.45, 2.75) is 12.5 Å². The van der Waals surface area contributed by atoms with Gasteiger partial charge in [0.2, 0.25) is 0 Å². The molecule has 94 valence electrons. The van der Waals surface area contributed by atoms with Gasteiger partial charge >= 0.3 is 6.09 Å². The first-order valence-corrected chi connectivity index (χ1v) is 4.73. The van der Waals surface area contributed by atoms with E-state index in [9.17, 15) is 18.8 Å². The van der Waals surface area contributed by atoms with Gasteiger partial charge in [-0.15, -0.1) is 0 Å². The molecule has 0 aromatic heterocycles. The molecule has 0 aliphatic heterocycles. The van der Waals surface area contributed by atoms with Gasteiger partial charge in [-0.1, -0.05) is 0 Å². The van der Waals surface area contributed by atoms with E-state index in [0.29, 0.717) is 6.07 Å². The lowest BCUT2D eigenvalue weighted by Gasteiger charge is -2.23. The predicted octanol–water partition coefficient (Wildman–Crippen LogP) is 1.76. The van der Waals surface area contributed by atoms with Gasteiger partial charge in [-0.3, -0.25) is 5.21 Å². The number of nitrogens with zero attached hydrogens (tertiary/aromatic N) is 1. The first kappa shape index (κ1) is 13.3. The highest BCUT2D eigenvalue weighted by atomic mass is 19.1. The van der Waals surface area contributed by atoms with E-state index in [1.54, 1.807) is 0 Å². The molecule has 1 atom stereocenters. The van der Waals surface area contributed by atoms with Crippen molar-refractivity contribution in [2.75, 3.05) is 6.61 Å². The van der Waals surface area contributed by atoms with Gasteiger partial charge in [-0.05, 0) is 24.1 Å². The molecule has 0 saturated heterocycles. The minimum Gasteiger partial charge on any atom is -0.463 e. The predicted molar refractivity (Wildman–Crippen MR) is 52.5 cm³/mol. The third-order valence-electron chi connectivity index (χ3n) is 2.16. The number of aliphatic hydroxyl groups excluding tert-OH is 1. The molecular weight excluding hydrogens is 236 g/mol. The largest absolute Gasteiger partial charge is 0.463 e. The van der Waals surface area contributed by atoms with Crippen LogP contribution in [0, 0.1) is 11.6 Å². The molecule has 1 aromatic carbocycles. The fourth-order valence-corrected chi connectivity index (χ4v) is 1.45. The van der Waals surface area contributed by atoms with Gasteiger partial charge in [0, 0.05) is 12.7 Å². The second kappa shape index (κ2) is 5.55. The molecule has 0 spiro atoms. The zero-order chi connectivity index (χ0) is 13.0. The third kappa shape index (κ3) is 3.36. The molecule has 3 N–H and O–H groups in total. The van der Waals surface area contributed by atoms with Crippen molar-refractivity contribution in [2.24, 2.45) is 0 Å². The Morgan fingerprint density at radius 1 is 1.29 bits per heavy atom. The van der Waals surface area contributed by atoms with E-state index in [4.69, 9.17) is 10.2 Å². The van der Waals surface area contributed by atoms with E-state index in [1.165, 1.54) is 0 Å². The lowest BCUT2D eigenvalue weighted by molar-refractivity contribution is -0.102. The van der Waals surface area contributed by atoms with E-state index in [2.05, 4.69) is 0 Å². The van der Waals surface area contributed by atoms with Crippen molar-refractivity contribution >= 4 is 6.09 Å². The van der Waals surface area contributed by atoms with Gasteiger partial charge < -0.3 is 10.2 Å². The average Bonchev–Trinajstić information content (AvgIpc) is 2.23. The second-order valence-electron chi connectivity index (χ2n) is 3.36. The monoisotopic (exact) mass is 247 g/mol. The minimum atomic E-state index is -1.67. The van der Waals surface area contributed by atoms with Crippen molar-refractivity contribution in [3.63, 3.8) is 0 Å². The fraction of sp³-hybridized carbons (Fsp3) is 0.300. The highest BCUT2D eigenvalue weighted by molar-refractivity contribution is 5.64. The first-order valence-electron chi connectivity index (χ1n) is 4.73. The van der Waals surface area contributed by atoms with E-state index < -0.39 is 30.4 Å². The number of aliphatic hydroxyl groups is 1. The van der Waals surface area contributed by atoms with Crippen molar-refractivity contribution < 1.29 is 29.0 Å². The summed E-state index contributed by atoms with van der Waals surface area (Å²) in [7, 11) is 0. The maximum Gasteiger partial charge on any atom is 0.431 e. The molecule has 0 bridgehead atoms. The summed E-state index contributed by atoms with van der Waals surface area (Å²) < 4.78 is 25.9. The van der Waals surface area contributed by atoms with Crippen LogP contribution in [0.4, 0.5) is 13.6 Å². The van der Waals surface area contributed by atoms with Gasteiger partial charge in [-0.25, -0.2) is 13.6 Å². The first-order chi connectivity index (χ1) is 7.95. The quantitative estimate of drug-likeness (QED) is 0.559. The number of halogens is 2. The molecule has 1 aromatic rings. The number of hydroxylamine groups is 2. The van der Waals surface area contributed by atoms with E-state index in [-0.39, 0.29) is 17.0 Å². The summed E-state index contributed by atoms with van der Waals surface area (Å²) in [5.74, 6) is -1.77. The van der Waals surface area contributed by atoms with Gasteiger partial charge in [-0.2, -0.15) is 5.06 Å². The van der Waals surface area contributed by atoms with Crippen LogP contribution in [0.1, 0.15) is 18.0 Å². The number of hydrogen-bond acceptors (Lipinski definition) is 3. The van der Waals surface area contributed by atoms with Crippen molar-refractivity contribution in [3.05, 3.63) is 35.4 Å². The van der Waals surface area contributed by atoms with Crippen LogP contribution < -0.4 is 0 Å². The van der Waals surface area contributed by atoms with Crippen LogP contribution in [-0.2, 0) is 0 Å². The molecule has 0 saturated carbocycles. The molecule has 0 aliphatic carbocycles. The van der Waals surface area contributed by atoms with E-state index in [0.717, 1.165) is 12.1 Å². The Bertz CT molecular complexity index is 393. The molecule has 1 unspecified atom stereocenters. The Balaban J connectivity index is 3.08. The maximum atomic E-state index is 12.9. The van der Waals surface area contributed by atoms with Crippen LogP contribution >= 0.6 is 0 Å². The highest BCUT2D eigenvalue weighted by Crippen LogP contribution is 2.24. The fourth-order valence-electron chi connectivity index (χ4n) is 1.45. The normalized spacial score (nSPS) is 12.2. The summed E-state index contributed by atoms with van der Waals surface area (Å²) in [4.78, 5) is 10.6. The van der Waals surface area contributed by atoms with Crippen LogP contribution in [0.3, 0.4) is 0 Å². The molecule has 1 rings (SSSR count). The van der Waals surface area contributed by atoms with Crippen LogP contribution in [-0.4, -0.2) is 33.2 Å². The smallest absolute Gasteiger partial charge is 0.431 e. The molecule has 5 nitrogen and oxygen atoms in total. The molecule has 0 heterocycles. The van der Waals surface area contributed by atoms with Crippen molar-refractivity contribution in [3.8, 4) is 0 Å². The summed E-state index contributed by atoms with van der Waals surface area (Å²) in [6.07, 6.45) is -1.85. The Kier molecular flexibility index (Phi) is 4.36. The highest BCUT2D eigenvalue weighted by Gasteiger charge is 2.24. The minimum absolute atomic E-state index is 0.0681. The summed E-state index contributed by atoms with van der Waals surface area (Å²) in [6.45, 7) is -0.437. The number of hydrogen-bond donors (Lipinski definition) is 3. The molecule has 0 fully saturated rings. The Labute approximate surface area is 95.5 Å². The SMILES string of the molecule is O=C(O)N(O)C(CCO)c1cc(F)cc(F)c1. The lowest BCUT2D eigenvalue weighted by Crippen LogP contribution is -2.31. The summed E-state index contributed by atoms with van der Waals surface area (Å²) in [5, 5.41) is 26.5. The number of rotatable bonds is 4. The van der Waals surface area contributed by atoms with Crippen LogP contribution in [0.2, 0.25) is 0 Å². The van der Waals surface area contributed by atoms with E-state index >= 15 is 0 Å². The molecule has 17 heavy (non-hydrogen) atoms. The maximum absolute atomic E-state index is 12.9. The zero-order valence-electron chi connectivity index (χ0n) is 8.68. The van der Waals surface area contributed by atoms with Crippen molar-refractivity contribution in [1.82, 2.24) is 5.06 Å². The Morgan fingerprint density at radius 3 is 2.24 bits per heavy atom. The van der Waals surface area contributed by atoms with E-state index in [1.807, 2.05) is 0 Å². The summed E-state index contributed by atoms with van der Waals surface area (Å²) in [6, 6.07) is 1.20. The standard InChI is InChI=1S/C10H11F2NO4/c11-7-3-6(4-8(12)5-7)9(1-2-14)13(17)10(15)16/h3-5,9,14,17H,1-2H2,(H,15,16). The molecule has 7 heteroatoms. The van der Waals surface area contributed by atoms with Crippen molar-refractivity contribution in [1.29, 1.82) is 0 Å². The molecular formula is C10H11F2NO4. The number of carbonyl (C=O) groups is 1. The van der Waals surface area contributed by atoms with Gasteiger partial charge in [0.1, 0.15) is 11.6 Å². The van der Waals surface area contributed by atoms with Gasteiger partial charge in [0.15, 0.2) is 0 Å². The average molecular weight is 247 g/mol. The Morgan fingerprint density at radius 2 is 1.82 bits per heavy atom. The number of amides is 1.